The third-order valence-corrected chi connectivity index (χ3v) is 2.45. The molecule has 5 heteroatoms. The van der Waals surface area contributed by atoms with Crippen LogP contribution in [0.4, 0.5) is 0 Å². The molecule has 0 amide bonds. The zero-order chi connectivity index (χ0) is 13.7. The molecule has 0 saturated carbocycles. The first-order chi connectivity index (χ1) is 9.19. The summed E-state index contributed by atoms with van der Waals surface area (Å²) in [5, 5.41) is 7.09. The Balaban J connectivity index is 2.14. The Labute approximate surface area is 113 Å². The molecule has 102 valence electrons. The van der Waals surface area contributed by atoms with Crippen molar-refractivity contribution in [2.45, 2.75) is 33.4 Å². The summed E-state index contributed by atoms with van der Waals surface area (Å²) in [6.07, 6.45) is 0.141. The van der Waals surface area contributed by atoms with E-state index in [4.69, 9.17) is 9.26 Å². The Bertz CT molecular complexity index is 523. The lowest BCUT2D eigenvalue weighted by Crippen LogP contribution is -2.12. The van der Waals surface area contributed by atoms with Crippen molar-refractivity contribution in [1.29, 1.82) is 0 Å². The summed E-state index contributed by atoms with van der Waals surface area (Å²) in [4.78, 5) is 4.34. The van der Waals surface area contributed by atoms with Gasteiger partial charge < -0.3 is 14.6 Å². The van der Waals surface area contributed by atoms with Crippen LogP contribution >= 0.6 is 0 Å². The standard InChI is InChI=1S/C14H19N3O2/c1-4-15-9-13-16-14(19-17-13)11-6-5-7-12(8-11)18-10(2)3/h5-8,10,15H,4,9H2,1-3H3. The zero-order valence-corrected chi connectivity index (χ0v) is 11.5. The molecule has 0 radical (unpaired) electrons. The van der Waals surface area contributed by atoms with Crippen molar-refractivity contribution in [1.82, 2.24) is 15.5 Å². The number of hydrogen-bond donors (Lipinski definition) is 1. The normalized spacial score (nSPS) is 10.9. The van der Waals surface area contributed by atoms with Gasteiger partial charge in [0.25, 0.3) is 5.89 Å². The summed E-state index contributed by atoms with van der Waals surface area (Å²) in [7, 11) is 0. The molecule has 1 heterocycles. The smallest absolute Gasteiger partial charge is 0.258 e. The number of nitrogens with zero attached hydrogens (tertiary/aromatic N) is 2. The second kappa shape index (κ2) is 6.33. The van der Waals surface area contributed by atoms with E-state index in [1.54, 1.807) is 0 Å². The van der Waals surface area contributed by atoms with Crippen LogP contribution in [0.1, 0.15) is 26.6 Å². The quantitative estimate of drug-likeness (QED) is 0.866. The van der Waals surface area contributed by atoms with Crippen LogP contribution in [0, 0.1) is 0 Å². The van der Waals surface area contributed by atoms with E-state index in [1.807, 2.05) is 45.0 Å². The summed E-state index contributed by atoms with van der Waals surface area (Å²) in [6, 6.07) is 7.67. The van der Waals surface area contributed by atoms with Crippen molar-refractivity contribution in [3.05, 3.63) is 30.1 Å². The SMILES string of the molecule is CCNCc1noc(-c2cccc(OC(C)C)c2)n1. The van der Waals surface area contributed by atoms with Gasteiger partial charge in [-0.15, -0.1) is 0 Å². The molecule has 5 nitrogen and oxygen atoms in total. The van der Waals surface area contributed by atoms with Gasteiger partial charge in [-0.1, -0.05) is 18.1 Å². The highest BCUT2D eigenvalue weighted by Gasteiger charge is 2.09. The first kappa shape index (κ1) is 13.5. The Morgan fingerprint density at radius 1 is 1.37 bits per heavy atom. The van der Waals surface area contributed by atoms with Crippen LogP contribution < -0.4 is 10.1 Å². The van der Waals surface area contributed by atoms with Gasteiger partial charge in [0.2, 0.25) is 0 Å². The molecule has 0 aliphatic rings. The van der Waals surface area contributed by atoms with Crippen molar-refractivity contribution < 1.29 is 9.26 Å². The molecular weight excluding hydrogens is 242 g/mol. The highest BCUT2D eigenvalue weighted by atomic mass is 16.5. The average molecular weight is 261 g/mol. The van der Waals surface area contributed by atoms with Crippen LogP contribution in [0.5, 0.6) is 5.75 Å². The van der Waals surface area contributed by atoms with Crippen LogP contribution in [-0.4, -0.2) is 22.8 Å². The van der Waals surface area contributed by atoms with Crippen LogP contribution in [0.15, 0.2) is 28.8 Å². The maximum atomic E-state index is 5.65. The van der Waals surface area contributed by atoms with Gasteiger partial charge in [0, 0.05) is 5.56 Å². The third kappa shape index (κ3) is 3.79. The molecule has 0 aliphatic heterocycles. The fourth-order valence-electron chi connectivity index (χ4n) is 1.65. The molecule has 0 fully saturated rings. The molecule has 0 unspecified atom stereocenters. The van der Waals surface area contributed by atoms with E-state index < -0.39 is 0 Å². The summed E-state index contributed by atoms with van der Waals surface area (Å²) in [5.74, 6) is 1.98. The van der Waals surface area contributed by atoms with E-state index in [2.05, 4.69) is 15.5 Å². The summed E-state index contributed by atoms with van der Waals surface area (Å²) < 4.78 is 10.9. The van der Waals surface area contributed by atoms with E-state index in [-0.39, 0.29) is 6.10 Å². The van der Waals surface area contributed by atoms with Crippen LogP contribution in [-0.2, 0) is 6.54 Å². The predicted octanol–water partition coefficient (Wildman–Crippen LogP) is 2.63. The van der Waals surface area contributed by atoms with E-state index >= 15 is 0 Å². The minimum atomic E-state index is 0.141. The molecule has 0 spiro atoms. The monoisotopic (exact) mass is 261 g/mol. The second-order valence-corrected chi connectivity index (χ2v) is 4.49. The van der Waals surface area contributed by atoms with Crippen molar-refractivity contribution in [2.75, 3.05) is 6.54 Å². The molecule has 1 aromatic carbocycles. The molecule has 0 atom stereocenters. The van der Waals surface area contributed by atoms with Gasteiger partial charge in [-0.05, 0) is 38.6 Å². The average Bonchev–Trinajstić information content (AvgIpc) is 2.84. The van der Waals surface area contributed by atoms with Crippen molar-refractivity contribution in [3.63, 3.8) is 0 Å². The van der Waals surface area contributed by atoms with Crippen LogP contribution in [0.3, 0.4) is 0 Å². The van der Waals surface area contributed by atoms with E-state index in [0.29, 0.717) is 18.3 Å². The van der Waals surface area contributed by atoms with Crippen LogP contribution in [0.25, 0.3) is 11.5 Å². The molecule has 2 aromatic rings. The fraction of sp³-hybridized carbons (Fsp3) is 0.429. The maximum Gasteiger partial charge on any atom is 0.258 e. The molecule has 19 heavy (non-hydrogen) atoms. The molecule has 0 aliphatic carbocycles. The first-order valence-corrected chi connectivity index (χ1v) is 6.49. The molecule has 0 saturated heterocycles. The summed E-state index contributed by atoms with van der Waals surface area (Å²) in [5.41, 5.74) is 0.869. The molecule has 2 rings (SSSR count). The first-order valence-electron chi connectivity index (χ1n) is 6.49. The minimum absolute atomic E-state index is 0.141. The Hall–Kier alpha value is -1.88. The fourth-order valence-corrected chi connectivity index (χ4v) is 1.65. The molecule has 0 bridgehead atoms. The van der Waals surface area contributed by atoms with E-state index in [9.17, 15) is 0 Å². The molecular formula is C14H19N3O2. The predicted molar refractivity (Wildman–Crippen MR) is 72.9 cm³/mol. The molecule has 1 aromatic heterocycles. The Morgan fingerprint density at radius 2 is 2.21 bits per heavy atom. The van der Waals surface area contributed by atoms with Gasteiger partial charge in [-0.25, -0.2) is 0 Å². The lowest BCUT2D eigenvalue weighted by molar-refractivity contribution is 0.242. The third-order valence-electron chi connectivity index (χ3n) is 2.45. The Kier molecular flexibility index (Phi) is 4.52. The van der Waals surface area contributed by atoms with Crippen LogP contribution in [0.2, 0.25) is 0 Å². The summed E-state index contributed by atoms with van der Waals surface area (Å²) >= 11 is 0. The maximum absolute atomic E-state index is 5.65. The van der Waals surface area contributed by atoms with Crippen molar-refractivity contribution in [2.24, 2.45) is 0 Å². The lowest BCUT2D eigenvalue weighted by Gasteiger charge is -2.09. The van der Waals surface area contributed by atoms with Gasteiger partial charge in [0.15, 0.2) is 5.82 Å². The number of nitrogens with one attached hydrogen (secondary N) is 1. The van der Waals surface area contributed by atoms with Gasteiger partial charge in [0.1, 0.15) is 5.75 Å². The molecule has 1 N–H and O–H groups in total. The minimum Gasteiger partial charge on any atom is -0.491 e. The van der Waals surface area contributed by atoms with Crippen molar-refractivity contribution in [3.8, 4) is 17.2 Å². The van der Waals surface area contributed by atoms with Gasteiger partial charge in [-0.2, -0.15) is 4.98 Å². The highest BCUT2D eigenvalue weighted by Crippen LogP contribution is 2.23. The zero-order valence-electron chi connectivity index (χ0n) is 11.5. The number of benzene rings is 1. The number of aromatic nitrogens is 2. The van der Waals surface area contributed by atoms with Gasteiger partial charge >= 0.3 is 0 Å². The largest absolute Gasteiger partial charge is 0.491 e. The van der Waals surface area contributed by atoms with Crippen molar-refractivity contribution >= 4 is 0 Å². The van der Waals surface area contributed by atoms with Gasteiger partial charge in [-0.3, -0.25) is 0 Å². The van der Waals surface area contributed by atoms with Gasteiger partial charge in [0.05, 0.1) is 12.6 Å². The number of hydrogen-bond acceptors (Lipinski definition) is 5. The second-order valence-electron chi connectivity index (χ2n) is 4.49. The van der Waals surface area contributed by atoms with E-state index in [0.717, 1.165) is 17.9 Å². The summed E-state index contributed by atoms with van der Waals surface area (Å²) in [6.45, 7) is 7.51. The lowest BCUT2D eigenvalue weighted by atomic mass is 10.2. The highest BCUT2D eigenvalue weighted by molar-refractivity contribution is 5.55. The number of rotatable bonds is 6. The topological polar surface area (TPSA) is 60.2 Å². The van der Waals surface area contributed by atoms with E-state index in [1.165, 1.54) is 0 Å². The Morgan fingerprint density at radius 3 is 2.95 bits per heavy atom. The number of ether oxygens (including phenoxy) is 1.